The summed E-state index contributed by atoms with van der Waals surface area (Å²) in [4.78, 5) is 49.4. The monoisotopic (exact) mass is 741 g/mol. The fraction of sp³-hybridized carbons (Fsp3) is 0.279. The van der Waals surface area contributed by atoms with E-state index in [0.29, 0.717) is 62.4 Å². The van der Waals surface area contributed by atoms with E-state index in [1.807, 2.05) is 72.6 Å². The van der Waals surface area contributed by atoms with Gasteiger partial charge in [0.05, 0.1) is 41.1 Å². The van der Waals surface area contributed by atoms with Gasteiger partial charge in [0.2, 0.25) is 5.91 Å². The van der Waals surface area contributed by atoms with Crippen LogP contribution < -0.4 is 10.6 Å². The van der Waals surface area contributed by atoms with Crippen molar-refractivity contribution in [2.45, 2.75) is 38.6 Å². The number of hydrogen-bond acceptors (Lipinski definition) is 7. The highest BCUT2D eigenvalue weighted by Gasteiger charge is 2.23. The molecule has 1 aliphatic heterocycles. The standard InChI is InChI=1S/C43H44FN7O4/c1-50(22-21-46-42-30-8-3-5-10-34(30)48-35-11-6-4-9-31(35)42)37(45)12-7-23-55-39(53)18-17-38(52)51(2)26-27-13-15-28(16-14-27)41-32-19-20-47-43(54)33-24-29(44)25-36(49-41)40(32)33/h3-6,8-11,13-16,24-25,45,49H,7,12,17-23,26H2,1-2H3,(H,46,48)(H,47,54). The van der Waals surface area contributed by atoms with Crippen molar-refractivity contribution in [3.63, 3.8) is 0 Å². The molecule has 7 rings (SSSR count). The average molecular weight is 742 g/mol. The minimum Gasteiger partial charge on any atom is -0.466 e. The molecule has 3 heterocycles. The van der Waals surface area contributed by atoms with Gasteiger partial charge >= 0.3 is 5.97 Å². The van der Waals surface area contributed by atoms with Gasteiger partial charge in [-0.05, 0) is 53.8 Å². The molecule has 282 valence electrons. The van der Waals surface area contributed by atoms with Crippen LogP contribution in [0.5, 0.6) is 0 Å². The fourth-order valence-corrected chi connectivity index (χ4v) is 7.18. The molecule has 4 aromatic carbocycles. The van der Waals surface area contributed by atoms with Crippen LogP contribution in [0.25, 0.3) is 44.0 Å². The van der Waals surface area contributed by atoms with Crippen molar-refractivity contribution in [1.29, 1.82) is 5.41 Å². The van der Waals surface area contributed by atoms with Crippen molar-refractivity contribution in [3.05, 3.63) is 107 Å². The third kappa shape index (κ3) is 8.28. The molecule has 4 N–H and O–H groups in total. The zero-order chi connectivity index (χ0) is 38.5. The van der Waals surface area contributed by atoms with Crippen molar-refractivity contribution < 1.29 is 23.5 Å². The van der Waals surface area contributed by atoms with Crippen LogP contribution in [0, 0.1) is 11.2 Å². The maximum absolute atomic E-state index is 14.3. The van der Waals surface area contributed by atoms with Gasteiger partial charge in [-0.25, -0.2) is 9.37 Å². The molecular weight excluding hydrogens is 698 g/mol. The number of hydrogen-bond donors (Lipinski definition) is 4. The molecule has 2 aromatic heterocycles. The maximum Gasteiger partial charge on any atom is 0.306 e. The van der Waals surface area contributed by atoms with Gasteiger partial charge in [0.25, 0.3) is 5.91 Å². The molecule has 0 unspecified atom stereocenters. The predicted molar refractivity (Wildman–Crippen MR) is 214 cm³/mol. The Labute approximate surface area is 318 Å². The van der Waals surface area contributed by atoms with Crippen molar-refractivity contribution >= 4 is 62.0 Å². The van der Waals surface area contributed by atoms with E-state index in [0.717, 1.165) is 55.3 Å². The summed E-state index contributed by atoms with van der Waals surface area (Å²) in [5.74, 6) is -0.910. The topological polar surface area (TPSA) is 144 Å². The molecule has 0 saturated heterocycles. The Morgan fingerprint density at radius 1 is 0.927 bits per heavy atom. The number of amides is 2. The van der Waals surface area contributed by atoms with Gasteiger partial charge < -0.3 is 30.2 Å². The average Bonchev–Trinajstić information content (AvgIpc) is 3.46. The van der Waals surface area contributed by atoms with Crippen LogP contribution in [-0.4, -0.2) is 83.7 Å². The van der Waals surface area contributed by atoms with Crippen LogP contribution in [-0.2, 0) is 27.3 Å². The molecular formula is C43H44FN7O4. The molecule has 11 nitrogen and oxygen atoms in total. The van der Waals surface area contributed by atoms with Crippen LogP contribution in [0.3, 0.4) is 0 Å². The zero-order valence-corrected chi connectivity index (χ0v) is 31.0. The number of amidine groups is 1. The van der Waals surface area contributed by atoms with E-state index in [9.17, 15) is 18.8 Å². The number of carbonyl (C=O) groups is 3. The van der Waals surface area contributed by atoms with E-state index in [1.54, 1.807) is 11.9 Å². The predicted octanol–water partition coefficient (Wildman–Crippen LogP) is 7.04. The molecule has 0 atom stereocenters. The quantitative estimate of drug-likeness (QED) is 0.0308. The number of fused-ring (bicyclic) bond motifs is 2. The van der Waals surface area contributed by atoms with E-state index in [4.69, 9.17) is 15.1 Å². The lowest BCUT2D eigenvalue weighted by atomic mass is 9.99. The number of nitrogens with one attached hydrogen (secondary N) is 4. The number of aromatic nitrogens is 2. The largest absolute Gasteiger partial charge is 0.466 e. The Morgan fingerprint density at radius 3 is 2.36 bits per heavy atom. The third-order valence-electron chi connectivity index (χ3n) is 10.1. The number of para-hydroxylation sites is 2. The second-order valence-electron chi connectivity index (χ2n) is 13.9. The number of nitrogens with zero attached hydrogens (tertiary/aromatic N) is 3. The lowest BCUT2D eigenvalue weighted by Crippen LogP contribution is -2.31. The molecule has 0 radical (unpaired) electrons. The highest BCUT2D eigenvalue weighted by Crippen LogP contribution is 2.35. The number of pyridine rings is 1. The van der Waals surface area contributed by atoms with E-state index >= 15 is 0 Å². The second kappa shape index (κ2) is 16.4. The Kier molecular flexibility index (Phi) is 11.0. The number of esters is 1. The van der Waals surface area contributed by atoms with Crippen LogP contribution in [0.15, 0.2) is 84.9 Å². The Balaban J connectivity index is 0.821. The highest BCUT2D eigenvalue weighted by atomic mass is 19.1. The van der Waals surface area contributed by atoms with E-state index in [-0.39, 0.29) is 31.3 Å². The maximum atomic E-state index is 14.3. The van der Waals surface area contributed by atoms with Crippen LogP contribution in [0.4, 0.5) is 10.1 Å². The number of benzene rings is 4. The first-order valence-electron chi connectivity index (χ1n) is 18.6. The van der Waals surface area contributed by atoms with E-state index < -0.39 is 11.8 Å². The summed E-state index contributed by atoms with van der Waals surface area (Å²) in [5, 5.41) is 17.8. The van der Waals surface area contributed by atoms with Gasteiger partial charge in [0, 0.05) is 80.5 Å². The van der Waals surface area contributed by atoms with Crippen LogP contribution >= 0.6 is 0 Å². The number of likely N-dealkylation sites (N-methyl/N-ethyl adjacent to an activating group) is 1. The molecule has 0 aliphatic carbocycles. The van der Waals surface area contributed by atoms with Gasteiger partial charge in [-0.3, -0.25) is 19.8 Å². The molecule has 6 aromatic rings. The fourth-order valence-electron chi connectivity index (χ4n) is 7.18. The van der Waals surface area contributed by atoms with E-state index in [1.165, 1.54) is 12.1 Å². The van der Waals surface area contributed by atoms with Gasteiger partial charge in [-0.15, -0.1) is 0 Å². The molecule has 0 spiro atoms. The SMILES string of the molecule is CN(CCNc1c2ccccc2nc2ccccc12)C(=N)CCCOC(=O)CCC(=O)N(C)Cc1ccc(-c2[nH]c3cc(F)cc4c3c2CCNC4=O)cc1. The zero-order valence-electron chi connectivity index (χ0n) is 31.0. The molecule has 0 saturated carbocycles. The number of rotatable bonds is 14. The summed E-state index contributed by atoms with van der Waals surface area (Å²) >= 11 is 0. The van der Waals surface area contributed by atoms with Crippen LogP contribution in [0.1, 0.15) is 47.2 Å². The van der Waals surface area contributed by atoms with Crippen molar-refractivity contribution in [3.8, 4) is 11.3 Å². The first-order valence-corrected chi connectivity index (χ1v) is 18.6. The van der Waals surface area contributed by atoms with Gasteiger partial charge in [-0.1, -0.05) is 60.7 Å². The molecule has 12 heteroatoms. The van der Waals surface area contributed by atoms with E-state index in [2.05, 4.69) is 27.8 Å². The smallest absolute Gasteiger partial charge is 0.306 e. The lowest BCUT2D eigenvalue weighted by molar-refractivity contribution is -0.146. The number of H-pyrrole nitrogens is 1. The third-order valence-corrected chi connectivity index (χ3v) is 10.1. The number of carbonyl (C=O) groups excluding carboxylic acids is 3. The number of anilines is 1. The Hall–Kier alpha value is -6.30. The van der Waals surface area contributed by atoms with Gasteiger partial charge in [0.15, 0.2) is 0 Å². The Bertz CT molecular complexity index is 2350. The summed E-state index contributed by atoms with van der Waals surface area (Å²) in [7, 11) is 3.59. The lowest BCUT2D eigenvalue weighted by Gasteiger charge is -2.21. The molecule has 0 fully saturated rings. The van der Waals surface area contributed by atoms with Crippen molar-refractivity contribution in [2.75, 3.05) is 45.7 Å². The number of ether oxygens (including phenoxy) is 1. The van der Waals surface area contributed by atoms with Crippen LogP contribution in [0.2, 0.25) is 0 Å². The van der Waals surface area contributed by atoms with Crippen molar-refractivity contribution in [1.82, 2.24) is 25.1 Å². The molecule has 1 aliphatic rings. The summed E-state index contributed by atoms with van der Waals surface area (Å²) in [6.45, 7) is 2.26. The first-order chi connectivity index (χ1) is 26.7. The molecule has 2 amide bonds. The van der Waals surface area contributed by atoms with Crippen molar-refractivity contribution in [2.24, 2.45) is 0 Å². The van der Waals surface area contributed by atoms with Gasteiger partial charge in [0.1, 0.15) is 5.82 Å². The summed E-state index contributed by atoms with van der Waals surface area (Å²) in [5.41, 5.74) is 7.43. The second-order valence-corrected chi connectivity index (χ2v) is 13.9. The highest BCUT2D eigenvalue weighted by molar-refractivity contribution is 6.10. The normalized spacial score (nSPS) is 12.4. The molecule has 0 bridgehead atoms. The summed E-state index contributed by atoms with van der Waals surface area (Å²) in [6.07, 6.45) is 1.60. The molecule has 55 heavy (non-hydrogen) atoms. The Morgan fingerprint density at radius 2 is 1.64 bits per heavy atom. The summed E-state index contributed by atoms with van der Waals surface area (Å²) in [6, 6.07) is 26.6. The minimum atomic E-state index is -0.471. The minimum absolute atomic E-state index is 0.0212. The summed E-state index contributed by atoms with van der Waals surface area (Å²) < 4.78 is 19.7. The number of aromatic amines is 1. The number of halogens is 1. The van der Waals surface area contributed by atoms with Gasteiger partial charge in [-0.2, -0.15) is 0 Å². The first kappa shape index (κ1) is 37.0.